The van der Waals surface area contributed by atoms with Gasteiger partial charge >= 0.3 is 6.01 Å². The van der Waals surface area contributed by atoms with E-state index in [0.717, 1.165) is 18.5 Å². The van der Waals surface area contributed by atoms with Gasteiger partial charge in [-0.25, -0.2) is 0 Å². The number of nitrogens with zero attached hydrogens (tertiary/aromatic N) is 4. The quantitative estimate of drug-likeness (QED) is 0.836. The standard InChI is InChI=1S/C14H24N4O/c1-3-17-9-6-12(7-10-17)13-5-4-8-18(13)14-16-15-11(2)19-14/h12-13H,3-10H2,1-2H3/t13-/m0/s1. The Kier molecular flexibility index (Phi) is 3.73. The molecule has 0 radical (unpaired) electrons. The van der Waals surface area contributed by atoms with Crippen molar-refractivity contribution in [3.63, 3.8) is 0 Å². The predicted molar refractivity (Wildman–Crippen MR) is 74.2 cm³/mol. The smallest absolute Gasteiger partial charge is 0.318 e. The van der Waals surface area contributed by atoms with Gasteiger partial charge < -0.3 is 14.2 Å². The zero-order valence-corrected chi connectivity index (χ0v) is 12.0. The first kappa shape index (κ1) is 12.9. The Morgan fingerprint density at radius 1 is 1.16 bits per heavy atom. The molecule has 2 fully saturated rings. The van der Waals surface area contributed by atoms with Crippen molar-refractivity contribution >= 4 is 6.01 Å². The second-order valence-corrected chi connectivity index (χ2v) is 5.78. The van der Waals surface area contributed by atoms with Crippen LogP contribution in [0.4, 0.5) is 6.01 Å². The van der Waals surface area contributed by atoms with Crippen molar-refractivity contribution in [2.24, 2.45) is 5.92 Å². The minimum atomic E-state index is 0.610. The van der Waals surface area contributed by atoms with E-state index in [4.69, 9.17) is 4.42 Å². The normalized spacial score (nSPS) is 26.2. The van der Waals surface area contributed by atoms with Gasteiger partial charge in [-0.05, 0) is 51.2 Å². The molecule has 1 aromatic rings. The second-order valence-electron chi connectivity index (χ2n) is 5.78. The molecule has 19 heavy (non-hydrogen) atoms. The number of hydrogen-bond acceptors (Lipinski definition) is 5. The van der Waals surface area contributed by atoms with Gasteiger partial charge in [-0.3, -0.25) is 0 Å². The largest absolute Gasteiger partial charge is 0.408 e. The monoisotopic (exact) mass is 264 g/mol. The summed E-state index contributed by atoms with van der Waals surface area (Å²) in [5.74, 6) is 1.46. The molecule has 1 atom stereocenters. The molecule has 0 saturated carbocycles. The van der Waals surface area contributed by atoms with Crippen molar-refractivity contribution in [2.45, 2.75) is 45.6 Å². The fourth-order valence-electron chi connectivity index (χ4n) is 3.58. The van der Waals surface area contributed by atoms with E-state index >= 15 is 0 Å². The van der Waals surface area contributed by atoms with Gasteiger partial charge in [0.15, 0.2) is 0 Å². The highest BCUT2D eigenvalue weighted by molar-refractivity contribution is 5.29. The number of anilines is 1. The van der Waals surface area contributed by atoms with Gasteiger partial charge in [0.2, 0.25) is 5.89 Å². The average molecular weight is 264 g/mol. The van der Waals surface area contributed by atoms with Gasteiger partial charge in [-0.2, -0.15) is 0 Å². The fraction of sp³-hybridized carbons (Fsp3) is 0.857. The molecule has 1 aromatic heterocycles. The molecule has 2 saturated heterocycles. The summed E-state index contributed by atoms with van der Waals surface area (Å²) in [7, 11) is 0. The highest BCUT2D eigenvalue weighted by atomic mass is 16.4. The molecule has 0 unspecified atom stereocenters. The minimum absolute atomic E-state index is 0.610. The van der Waals surface area contributed by atoms with Crippen LogP contribution in [0.2, 0.25) is 0 Å². The van der Waals surface area contributed by atoms with Gasteiger partial charge in [0.25, 0.3) is 0 Å². The van der Waals surface area contributed by atoms with E-state index in [1.165, 1.54) is 45.3 Å². The van der Waals surface area contributed by atoms with Crippen LogP contribution in [-0.4, -0.2) is 47.3 Å². The first-order chi connectivity index (χ1) is 9.28. The minimum Gasteiger partial charge on any atom is -0.408 e. The van der Waals surface area contributed by atoms with Crippen LogP contribution in [0.3, 0.4) is 0 Å². The third-order valence-corrected chi connectivity index (χ3v) is 4.68. The maximum Gasteiger partial charge on any atom is 0.318 e. The molecular weight excluding hydrogens is 240 g/mol. The molecule has 3 heterocycles. The van der Waals surface area contributed by atoms with Crippen LogP contribution in [0, 0.1) is 12.8 Å². The maximum atomic E-state index is 5.62. The van der Waals surface area contributed by atoms with E-state index in [0.29, 0.717) is 11.9 Å². The van der Waals surface area contributed by atoms with E-state index in [9.17, 15) is 0 Å². The molecule has 0 aliphatic carbocycles. The van der Waals surface area contributed by atoms with E-state index in [1.807, 2.05) is 6.92 Å². The molecule has 5 heteroatoms. The number of rotatable bonds is 3. The van der Waals surface area contributed by atoms with Crippen molar-refractivity contribution in [1.29, 1.82) is 0 Å². The van der Waals surface area contributed by atoms with Crippen molar-refractivity contribution in [2.75, 3.05) is 31.1 Å². The molecule has 0 spiro atoms. The fourth-order valence-corrected chi connectivity index (χ4v) is 3.58. The number of piperidine rings is 1. The van der Waals surface area contributed by atoms with Crippen molar-refractivity contribution in [3.8, 4) is 0 Å². The predicted octanol–water partition coefficient (Wildman–Crippen LogP) is 2.08. The van der Waals surface area contributed by atoms with Gasteiger partial charge in [-0.1, -0.05) is 12.0 Å². The highest BCUT2D eigenvalue weighted by Crippen LogP contribution is 2.33. The molecular formula is C14H24N4O. The summed E-state index contributed by atoms with van der Waals surface area (Å²) < 4.78 is 5.62. The summed E-state index contributed by atoms with van der Waals surface area (Å²) >= 11 is 0. The van der Waals surface area contributed by atoms with Crippen molar-refractivity contribution < 1.29 is 4.42 Å². The Labute approximate surface area is 115 Å². The van der Waals surface area contributed by atoms with Gasteiger partial charge in [0, 0.05) is 19.5 Å². The molecule has 106 valence electrons. The Balaban J connectivity index is 1.67. The third kappa shape index (κ3) is 2.61. The summed E-state index contributed by atoms with van der Waals surface area (Å²) in [5.41, 5.74) is 0. The van der Waals surface area contributed by atoms with Gasteiger partial charge in [0.1, 0.15) is 0 Å². The summed E-state index contributed by atoms with van der Waals surface area (Å²) in [5, 5.41) is 8.17. The first-order valence-corrected chi connectivity index (χ1v) is 7.57. The van der Waals surface area contributed by atoms with Crippen LogP contribution in [0.1, 0.15) is 38.5 Å². The van der Waals surface area contributed by atoms with Crippen LogP contribution < -0.4 is 4.90 Å². The van der Waals surface area contributed by atoms with Crippen molar-refractivity contribution in [1.82, 2.24) is 15.1 Å². The molecule has 2 aliphatic rings. The van der Waals surface area contributed by atoms with E-state index in [2.05, 4.69) is 26.9 Å². The van der Waals surface area contributed by atoms with Crippen LogP contribution >= 0.6 is 0 Å². The number of likely N-dealkylation sites (tertiary alicyclic amines) is 1. The molecule has 0 N–H and O–H groups in total. The Bertz CT molecular complexity index is 411. The summed E-state index contributed by atoms with van der Waals surface area (Å²) in [6, 6.07) is 1.34. The first-order valence-electron chi connectivity index (χ1n) is 7.57. The Morgan fingerprint density at radius 3 is 2.58 bits per heavy atom. The zero-order valence-electron chi connectivity index (χ0n) is 12.0. The molecule has 5 nitrogen and oxygen atoms in total. The summed E-state index contributed by atoms with van der Waals surface area (Å²) in [6.45, 7) is 8.86. The highest BCUT2D eigenvalue weighted by Gasteiger charge is 2.35. The van der Waals surface area contributed by atoms with Crippen LogP contribution in [-0.2, 0) is 0 Å². The lowest BCUT2D eigenvalue weighted by Gasteiger charge is -2.37. The van der Waals surface area contributed by atoms with Crippen molar-refractivity contribution in [3.05, 3.63) is 5.89 Å². The van der Waals surface area contributed by atoms with Crippen LogP contribution in [0.15, 0.2) is 4.42 Å². The molecule has 0 aromatic carbocycles. The number of aromatic nitrogens is 2. The van der Waals surface area contributed by atoms with E-state index in [-0.39, 0.29) is 0 Å². The Hall–Kier alpha value is -1.10. The second kappa shape index (κ2) is 5.49. The lowest BCUT2D eigenvalue weighted by Crippen LogP contribution is -2.42. The number of aryl methyl sites for hydroxylation is 1. The van der Waals surface area contributed by atoms with E-state index in [1.54, 1.807) is 0 Å². The van der Waals surface area contributed by atoms with Crippen LogP contribution in [0.25, 0.3) is 0 Å². The molecule has 2 aliphatic heterocycles. The Morgan fingerprint density at radius 2 is 1.95 bits per heavy atom. The SMILES string of the molecule is CCN1CCC([C@@H]2CCCN2c2nnc(C)o2)CC1. The van der Waals surface area contributed by atoms with Gasteiger partial charge in [-0.15, -0.1) is 5.10 Å². The zero-order chi connectivity index (χ0) is 13.2. The topological polar surface area (TPSA) is 45.4 Å². The maximum absolute atomic E-state index is 5.62. The lowest BCUT2D eigenvalue weighted by molar-refractivity contribution is 0.174. The lowest BCUT2D eigenvalue weighted by atomic mass is 9.88. The van der Waals surface area contributed by atoms with Crippen LogP contribution in [0.5, 0.6) is 0 Å². The van der Waals surface area contributed by atoms with E-state index < -0.39 is 0 Å². The molecule has 3 rings (SSSR count). The molecule has 0 amide bonds. The average Bonchev–Trinajstić information content (AvgIpc) is 3.07. The summed E-state index contributed by atoms with van der Waals surface area (Å²) in [4.78, 5) is 4.90. The van der Waals surface area contributed by atoms with Gasteiger partial charge in [0.05, 0.1) is 0 Å². The summed E-state index contributed by atoms with van der Waals surface area (Å²) in [6.07, 6.45) is 5.14. The number of hydrogen-bond donors (Lipinski definition) is 0. The molecule has 0 bridgehead atoms. The third-order valence-electron chi connectivity index (χ3n) is 4.68.